The van der Waals surface area contributed by atoms with Crippen molar-refractivity contribution in [3.8, 4) is 0 Å². The summed E-state index contributed by atoms with van der Waals surface area (Å²) in [4.78, 5) is 14.3. The fourth-order valence-electron chi connectivity index (χ4n) is 2.37. The van der Waals surface area contributed by atoms with Gasteiger partial charge in [-0.15, -0.1) is 0 Å². The molecular formula is C17H18N4O. The van der Waals surface area contributed by atoms with Gasteiger partial charge in [-0.1, -0.05) is 30.3 Å². The van der Waals surface area contributed by atoms with Crippen LogP contribution in [0.5, 0.6) is 0 Å². The van der Waals surface area contributed by atoms with Gasteiger partial charge in [-0.2, -0.15) is 5.10 Å². The molecule has 0 atom stereocenters. The second-order valence-corrected chi connectivity index (χ2v) is 5.53. The lowest BCUT2D eigenvalue weighted by molar-refractivity contribution is 0.102. The summed E-state index contributed by atoms with van der Waals surface area (Å²) in [6.07, 6.45) is 0. The highest BCUT2D eigenvalue weighted by Crippen LogP contribution is 2.17. The summed E-state index contributed by atoms with van der Waals surface area (Å²) in [7, 11) is 3.96. The minimum Gasteiger partial charge on any atom is -0.305 e. The molecule has 0 aliphatic carbocycles. The first kappa shape index (κ1) is 14.3. The normalized spacial score (nSPS) is 11.0. The number of fused-ring (bicyclic) bond motifs is 1. The summed E-state index contributed by atoms with van der Waals surface area (Å²) in [6, 6.07) is 15.5. The molecule has 0 aliphatic heterocycles. The van der Waals surface area contributed by atoms with Crippen LogP contribution < -0.4 is 5.32 Å². The number of nitrogens with zero attached hydrogens (tertiary/aromatic N) is 2. The predicted octanol–water partition coefficient (Wildman–Crippen LogP) is 2.88. The Morgan fingerprint density at radius 3 is 2.68 bits per heavy atom. The van der Waals surface area contributed by atoms with Crippen LogP contribution in [0, 0.1) is 0 Å². The molecule has 3 rings (SSSR count). The van der Waals surface area contributed by atoms with Crippen molar-refractivity contribution >= 4 is 22.5 Å². The highest BCUT2D eigenvalue weighted by Gasteiger charge is 2.09. The summed E-state index contributed by atoms with van der Waals surface area (Å²) >= 11 is 0. The van der Waals surface area contributed by atoms with Gasteiger partial charge in [-0.3, -0.25) is 9.89 Å². The molecular weight excluding hydrogens is 276 g/mol. The molecule has 0 radical (unpaired) electrons. The van der Waals surface area contributed by atoms with Crippen LogP contribution in [0.4, 0.5) is 5.82 Å². The van der Waals surface area contributed by atoms with Crippen LogP contribution in [-0.2, 0) is 6.54 Å². The van der Waals surface area contributed by atoms with E-state index in [4.69, 9.17) is 0 Å². The van der Waals surface area contributed by atoms with E-state index in [9.17, 15) is 4.79 Å². The number of aromatic amines is 1. The number of carbonyl (C=O) groups excluding carboxylic acids is 1. The Balaban J connectivity index is 1.76. The molecule has 0 spiro atoms. The summed E-state index contributed by atoms with van der Waals surface area (Å²) in [6.45, 7) is 0.749. The molecule has 1 heterocycles. The van der Waals surface area contributed by atoms with E-state index < -0.39 is 0 Å². The van der Waals surface area contributed by atoms with Crippen molar-refractivity contribution in [1.29, 1.82) is 0 Å². The largest absolute Gasteiger partial charge is 0.305 e. The average Bonchev–Trinajstić information content (AvgIpc) is 2.93. The lowest BCUT2D eigenvalue weighted by Gasteiger charge is -2.05. The fraction of sp³-hybridized carbons (Fsp3) is 0.176. The van der Waals surface area contributed by atoms with E-state index in [2.05, 4.69) is 15.5 Å². The first-order valence-corrected chi connectivity index (χ1v) is 7.11. The first-order valence-electron chi connectivity index (χ1n) is 7.11. The number of anilines is 1. The van der Waals surface area contributed by atoms with Gasteiger partial charge in [0.15, 0.2) is 5.82 Å². The molecule has 0 unspecified atom stereocenters. The molecule has 5 heteroatoms. The average molecular weight is 294 g/mol. The zero-order chi connectivity index (χ0) is 15.5. The molecule has 2 N–H and O–H groups in total. The van der Waals surface area contributed by atoms with Gasteiger partial charge >= 0.3 is 0 Å². The number of aromatic nitrogens is 2. The number of rotatable bonds is 4. The van der Waals surface area contributed by atoms with Gasteiger partial charge < -0.3 is 10.2 Å². The standard InChI is InChI=1S/C17H18N4O/c1-21(2)11-15-10-16(20-19-15)18-17(22)14-8-7-12-5-3-4-6-13(12)9-14/h3-10H,11H2,1-2H3,(H2,18,19,20,22). The molecule has 3 aromatic rings. The molecule has 0 bridgehead atoms. The van der Waals surface area contributed by atoms with Gasteiger partial charge in [0.1, 0.15) is 0 Å². The van der Waals surface area contributed by atoms with Crippen LogP contribution in [0.1, 0.15) is 16.1 Å². The Hall–Kier alpha value is -2.66. The minimum absolute atomic E-state index is 0.159. The molecule has 2 aromatic carbocycles. The van der Waals surface area contributed by atoms with Gasteiger partial charge in [0.2, 0.25) is 0 Å². The van der Waals surface area contributed by atoms with Crippen LogP contribution in [-0.4, -0.2) is 35.1 Å². The third-order valence-electron chi connectivity index (χ3n) is 3.37. The van der Waals surface area contributed by atoms with E-state index in [0.717, 1.165) is 23.0 Å². The summed E-state index contributed by atoms with van der Waals surface area (Å²) in [5.41, 5.74) is 1.58. The smallest absolute Gasteiger partial charge is 0.256 e. The van der Waals surface area contributed by atoms with E-state index in [0.29, 0.717) is 11.4 Å². The first-order chi connectivity index (χ1) is 10.6. The van der Waals surface area contributed by atoms with Gasteiger partial charge in [0, 0.05) is 18.2 Å². The van der Waals surface area contributed by atoms with E-state index in [1.807, 2.05) is 67.5 Å². The Bertz CT molecular complexity index is 807. The van der Waals surface area contributed by atoms with Crippen molar-refractivity contribution in [2.45, 2.75) is 6.54 Å². The van der Waals surface area contributed by atoms with Crippen molar-refractivity contribution < 1.29 is 4.79 Å². The topological polar surface area (TPSA) is 61.0 Å². The number of carbonyl (C=O) groups is 1. The number of amides is 1. The van der Waals surface area contributed by atoms with Gasteiger partial charge in [0.05, 0.1) is 5.69 Å². The number of H-pyrrole nitrogens is 1. The van der Waals surface area contributed by atoms with E-state index in [1.54, 1.807) is 0 Å². The van der Waals surface area contributed by atoms with E-state index in [-0.39, 0.29) is 5.91 Å². The zero-order valence-corrected chi connectivity index (χ0v) is 12.6. The zero-order valence-electron chi connectivity index (χ0n) is 12.6. The summed E-state index contributed by atoms with van der Waals surface area (Å²) in [5.74, 6) is 0.378. The second kappa shape index (κ2) is 5.99. The van der Waals surface area contributed by atoms with Crippen LogP contribution in [0.3, 0.4) is 0 Å². The maximum atomic E-state index is 12.3. The minimum atomic E-state index is -0.159. The molecule has 5 nitrogen and oxygen atoms in total. The number of benzene rings is 2. The van der Waals surface area contributed by atoms with Crippen molar-refractivity contribution in [1.82, 2.24) is 15.1 Å². The summed E-state index contributed by atoms with van der Waals surface area (Å²) < 4.78 is 0. The van der Waals surface area contributed by atoms with Crippen LogP contribution in [0.15, 0.2) is 48.5 Å². The van der Waals surface area contributed by atoms with Gasteiger partial charge in [0.25, 0.3) is 5.91 Å². The third-order valence-corrected chi connectivity index (χ3v) is 3.37. The van der Waals surface area contributed by atoms with E-state index in [1.165, 1.54) is 0 Å². The molecule has 0 aliphatic rings. The number of hydrogen-bond acceptors (Lipinski definition) is 3. The third kappa shape index (κ3) is 3.15. The van der Waals surface area contributed by atoms with Crippen molar-refractivity contribution in [2.24, 2.45) is 0 Å². The lowest BCUT2D eigenvalue weighted by Crippen LogP contribution is -2.12. The van der Waals surface area contributed by atoms with Crippen molar-refractivity contribution in [3.05, 3.63) is 59.8 Å². The van der Waals surface area contributed by atoms with Crippen molar-refractivity contribution in [2.75, 3.05) is 19.4 Å². The molecule has 112 valence electrons. The molecule has 0 saturated heterocycles. The number of hydrogen-bond donors (Lipinski definition) is 2. The predicted molar refractivity (Wildman–Crippen MR) is 87.9 cm³/mol. The Labute approximate surface area is 128 Å². The Kier molecular flexibility index (Phi) is 3.89. The highest BCUT2D eigenvalue weighted by atomic mass is 16.1. The Morgan fingerprint density at radius 2 is 1.91 bits per heavy atom. The molecule has 22 heavy (non-hydrogen) atoms. The van der Waals surface area contributed by atoms with Crippen LogP contribution in [0.25, 0.3) is 10.8 Å². The van der Waals surface area contributed by atoms with Gasteiger partial charge in [-0.05, 0) is 37.0 Å². The van der Waals surface area contributed by atoms with Crippen molar-refractivity contribution in [3.63, 3.8) is 0 Å². The van der Waals surface area contributed by atoms with Crippen LogP contribution in [0.2, 0.25) is 0 Å². The van der Waals surface area contributed by atoms with Crippen LogP contribution >= 0.6 is 0 Å². The quantitative estimate of drug-likeness (QED) is 0.778. The lowest BCUT2D eigenvalue weighted by atomic mass is 10.1. The molecule has 0 fully saturated rings. The molecule has 0 saturated carbocycles. The molecule has 1 aromatic heterocycles. The summed E-state index contributed by atoms with van der Waals surface area (Å²) in [5, 5.41) is 12.0. The monoisotopic (exact) mass is 294 g/mol. The van der Waals surface area contributed by atoms with Gasteiger partial charge in [-0.25, -0.2) is 0 Å². The fourth-order valence-corrected chi connectivity index (χ4v) is 2.37. The SMILES string of the molecule is CN(C)Cc1cc(NC(=O)c2ccc3ccccc3c2)n[nH]1. The maximum absolute atomic E-state index is 12.3. The number of nitrogens with one attached hydrogen (secondary N) is 2. The maximum Gasteiger partial charge on any atom is 0.256 e. The second-order valence-electron chi connectivity index (χ2n) is 5.53. The molecule has 1 amide bonds. The van der Waals surface area contributed by atoms with E-state index >= 15 is 0 Å². The Morgan fingerprint density at radius 1 is 1.14 bits per heavy atom. The highest BCUT2D eigenvalue weighted by molar-refractivity contribution is 6.06.